The summed E-state index contributed by atoms with van der Waals surface area (Å²) < 4.78 is 14.0. The molecular formula is C13H9BrCl2FN. The summed E-state index contributed by atoms with van der Waals surface area (Å²) in [5, 5.41) is 0.892. The lowest BCUT2D eigenvalue weighted by molar-refractivity contribution is 0.623. The highest BCUT2D eigenvalue weighted by Gasteiger charge is 2.14. The highest BCUT2D eigenvalue weighted by Crippen LogP contribution is 2.31. The SMILES string of the molecule is NC(c1ccc(Cl)c(Cl)c1)c1cc(F)ccc1Br. The van der Waals surface area contributed by atoms with Gasteiger partial charge in [0.1, 0.15) is 5.82 Å². The summed E-state index contributed by atoms with van der Waals surface area (Å²) in [7, 11) is 0. The third-order valence-corrected chi connectivity index (χ3v) is 4.06. The molecule has 0 bridgehead atoms. The monoisotopic (exact) mass is 347 g/mol. The minimum absolute atomic E-state index is 0.330. The zero-order valence-electron chi connectivity index (χ0n) is 9.13. The van der Waals surface area contributed by atoms with Crippen molar-refractivity contribution in [1.29, 1.82) is 0 Å². The van der Waals surface area contributed by atoms with Gasteiger partial charge in [-0.2, -0.15) is 0 Å². The molecule has 1 nitrogen and oxygen atoms in total. The Bertz CT molecular complexity index is 589. The average molecular weight is 349 g/mol. The molecule has 0 aliphatic carbocycles. The fourth-order valence-corrected chi connectivity index (χ4v) is 2.44. The number of benzene rings is 2. The standard InChI is InChI=1S/C13H9BrCl2FN/c14-10-3-2-8(17)6-9(10)13(18)7-1-4-11(15)12(16)5-7/h1-6,13H,18H2. The molecular weight excluding hydrogens is 340 g/mol. The number of rotatable bonds is 2. The summed E-state index contributed by atoms with van der Waals surface area (Å²) in [6.07, 6.45) is 0. The molecule has 0 aliphatic heterocycles. The van der Waals surface area contributed by atoms with E-state index in [1.165, 1.54) is 12.1 Å². The lowest BCUT2D eigenvalue weighted by Gasteiger charge is -2.15. The summed E-state index contributed by atoms with van der Waals surface area (Å²) in [6, 6.07) is 9.06. The molecule has 94 valence electrons. The van der Waals surface area contributed by atoms with Gasteiger partial charge in [0.05, 0.1) is 16.1 Å². The topological polar surface area (TPSA) is 26.0 Å². The lowest BCUT2D eigenvalue weighted by atomic mass is 10.00. The van der Waals surface area contributed by atoms with Crippen molar-refractivity contribution in [2.75, 3.05) is 0 Å². The van der Waals surface area contributed by atoms with Crippen molar-refractivity contribution in [3.05, 3.63) is 67.9 Å². The van der Waals surface area contributed by atoms with E-state index in [4.69, 9.17) is 28.9 Å². The minimum Gasteiger partial charge on any atom is -0.320 e. The fourth-order valence-electron chi connectivity index (χ4n) is 1.64. The normalized spacial score (nSPS) is 12.5. The quantitative estimate of drug-likeness (QED) is 0.816. The molecule has 0 saturated heterocycles. The van der Waals surface area contributed by atoms with Crippen molar-refractivity contribution in [2.24, 2.45) is 5.73 Å². The van der Waals surface area contributed by atoms with Crippen molar-refractivity contribution < 1.29 is 4.39 Å². The summed E-state index contributed by atoms with van der Waals surface area (Å²) in [4.78, 5) is 0. The first-order valence-corrected chi connectivity index (χ1v) is 6.69. The summed E-state index contributed by atoms with van der Waals surface area (Å²) >= 11 is 15.1. The lowest BCUT2D eigenvalue weighted by Crippen LogP contribution is -2.12. The molecule has 0 aliphatic rings. The van der Waals surface area contributed by atoms with Crippen LogP contribution in [0, 0.1) is 5.82 Å². The van der Waals surface area contributed by atoms with Gasteiger partial charge in [-0.25, -0.2) is 4.39 Å². The zero-order chi connectivity index (χ0) is 13.3. The maximum Gasteiger partial charge on any atom is 0.123 e. The largest absolute Gasteiger partial charge is 0.320 e. The predicted octanol–water partition coefficient (Wildman–Crippen LogP) is 4.94. The maximum atomic E-state index is 13.2. The highest BCUT2D eigenvalue weighted by atomic mass is 79.9. The van der Waals surface area contributed by atoms with E-state index in [9.17, 15) is 4.39 Å². The first-order chi connectivity index (χ1) is 8.49. The van der Waals surface area contributed by atoms with Crippen molar-refractivity contribution in [1.82, 2.24) is 0 Å². The van der Waals surface area contributed by atoms with E-state index in [1.807, 2.05) is 0 Å². The van der Waals surface area contributed by atoms with Crippen LogP contribution in [0.5, 0.6) is 0 Å². The Morgan fingerprint density at radius 1 is 1.06 bits per heavy atom. The van der Waals surface area contributed by atoms with Gasteiger partial charge in [0.2, 0.25) is 0 Å². The summed E-state index contributed by atoms with van der Waals surface area (Å²) in [5.74, 6) is -0.330. The number of hydrogen-bond donors (Lipinski definition) is 1. The van der Waals surface area contributed by atoms with Crippen molar-refractivity contribution in [3.8, 4) is 0 Å². The fraction of sp³-hybridized carbons (Fsp3) is 0.0769. The van der Waals surface area contributed by atoms with Gasteiger partial charge in [-0.15, -0.1) is 0 Å². The molecule has 2 N–H and O–H groups in total. The predicted molar refractivity (Wildman–Crippen MR) is 76.6 cm³/mol. The molecule has 0 heterocycles. The van der Waals surface area contributed by atoms with Crippen molar-refractivity contribution in [2.45, 2.75) is 6.04 Å². The van der Waals surface area contributed by atoms with Crippen LogP contribution in [-0.4, -0.2) is 0 Å². The van der Waals surface area contributed by atoms with Gasteiger partial charge in [-0.3, -0.25) is 0 Å². The molecule has 0 spiro atoms. The Kier molecular flexibility index (Phi) is 4.28. The van der Waals surface area contributed by atoms with E-state index in [2.05, 4.69) is 15.9 Å². The average Bonchev–Trinajstić information content (AvgIpc) is 2.35. The first kappa shape index (κ1) is 13.8. The van der Waals surface area contributed by atoms with Gasteiger partial charge in [-0.1, -0.05) is 45.2 Å². The van der Waals surface area contributed by atoms with E-state index in [-0.39, 0.29) is 5.82 Å². The van der Waals surface area contributed by atoms with Gasteiger partial charge < -0.3 is 5.73 Å². The van der Waals surface area contributed by atoms with E-state index in [0.717, 1.165) is 10.0 Å². The Morgan fingerprint density at radius 2 is 1.78 bits per heavy atom. The second kappa shape index (κ2) is 5.57. The molecule has 2 rings (SSSR count). The highest BCUT2D eigenvalue weighted by molar-refractivity contribution is 9.10. The Labute approximate surface area is 123 Å². The molecule has 0 amide bonds. The summed E-state index contributed by atoms with van der Waals surface area (Å²) in [6.45, 7) is 0. The van der Waals surface area contributed by atoms with Crippen LogP contribution in [0.2, 0.25) is 10.0 Å². The van der Waals surface area contributed by atoms with Gasteiger partial charge >= 0.3 is 0 Å². The number of halogens is 4. The molecule has 1 atom stereocenters. The van der Waals surface area contributed by atoms with Gasteiger partial charge in [0.25, 0.3) is 0 Å². The van der Waals surface area contributed by atoms with Crippen LogP contribution < -0.4 is 5.73 Å². The third kappa shape index (κ3) is 2.86. The molecule has 0 aromatic heterocycles. The third-order valence-electron chi connectivity index (χ3n) is 2.60. The Balaban J connectivity index is 2.44. The van der Waals surface area contributed by atoms with Crippen molar-refractivity contribution in [3.63, 3.8) is 0 Å². The van der Waals surface area contributed by atoms with Crippen LogP contribution in [-0.2, 0) is 0 Å². The van der Waals surface area contributed by atoms with Gasteiger partial charge in [0.15, 0.2) is 0 Å². The van der Waals surface area contributed by atoms with Gasteiger partial charge in [-0.05, 0) is 41.5 Å². The molecule has 2 aromatic rings. The molecule has 18 heavy (non-hydrogen) atoms. The Morgan fingerprint density at radius 3 is 2.44 bits per heavy atom. The van der Waals surface area contributed by atoms with Crippen LogP contribution in [0.15, 0.2) is 40.9 Å². The molecule has 2 aromatic carbocycles. The molecule has 5 heteroatoms. The Hall–Kier alpha value is -0.610. The minimum atomic E-state index is -0.468. The van der Waals surface area contributed by atoms with E-state index in [1.54, 1.807) is 24.3 Å². The molecule has 0 radical (unpaired) electrons. The first-order valence-electron chi connectivity index (χ1n) is 5.14. The number of hydrogen-bond acceptors (Lipinski definition) is 1. The van der Waals surface area contributed by atoms with Crippen LogP contribution in [0.25, 0.3) is 0 Å². The van der Waals surface area contributed by atoms with Crippen LogP contribution >= 0.6 is 39.1 Å². The van der Waals surface area contributed by atoms with Crippen LogP contribution in [0.1, 0.15) is 17.2 Å². The van der Waals surface area contributed by atoms with Gasteiger partial charge in [0, 0.05) is 4.47 Å². The van der Waals surface area contributed by atoms with E-state index >= 15 is 0 Å². The molecule has 1 unspecified atom stereocenters. The second-order valence-corrected chi connectivity index (χ2v) is 5.49. The van der Waals surface area contributed by atoms with E-state index in [0.29, 0.717) is 15.6 Å². The molecule has 0 fully saturated rings. The number of nitrogens with two attached hydrogens (primary N) is 1. The maximum absolute atomic E-state index is 13.2. The molecule has 0 saturated carbocycles. The van der Waals surface area contributed by atoms with Crippen LogP contribution in [0.4, 0.5) is 4.39 Å². The van der Waals surface area contributed by atoms with E-state index < -0.39 is 6.04 Å². The second-order valence-electron chi connectivity index (χ2n) is 3.82. The summed E-state index contributed by atoms with van der Waals surface area (Å²) in [5.41, 5.74) is 7.54. The zero-order valence-corrected chi connectivity index (χ0v) is 12.2. The van der Waals surface area contributed by atoms with Crippen molar-refractivity contribution >= 4 is 39.1 Å². The van der Waals surface area contributed by atoms with Crippen LogP contribution in [0.3, 0.4) is 0 Å². The smallest absolute Gasteiger partial charge is 0.123 e.